The van der Waals surface area contributed by atoms with Crippen LogP contribution in [0.15, 0.2) is 42.5 Å². The van der Waals surface area contributed by atoms with E-state index in [4.69, 9.17) is 16.3 Å². The molecule has 0 aliphatic carbocycles. The number of sulfonamides is 1. The third-order valence-corrected chi connectivity index (χ3v) is 4.67. The normalized spacial score (nSPS) is 12.5. The summed E-state index contributed by atoms with van der Waals surface area (Å²) < 4.78 is 31.0. The van der Waals surface area contributed by atoms with Crippen molar-refractivity contribution in [3.8, 4) is 5.75 Å². The highest BCUT2D eigenvalue weighted by Crippen LogP contribution is 2.23. The number of rotatable bonds is 7. The topological polar surface area (TPSA) is 84.5 Å². The number of ether oxygens (including phenoxy) is 1. The minimum Gasteiger partial charge on any atom is -0.497 e. The number of hydrogen-bond donors (Lipinski definition) is 2. The Labute approximate surface area is 158 Å². The third-order valence-electron chi connectivity index (χ3n) is 3.73. The lowest BCUT2D eigenvalue weighted by atomic mass is 10.0. The largest absolute Gasteiger partial charge is 0.497 e. The minimum atomic E-state index is -3.50. The molecule has 2 N–H and O–H groups in total. The fourth-order valence-corrected chi connectivity index (χ4v) is 3.44. The molecule has 0 saturated carbocycles. The Kier molecular flexibility index (Phi) is 6.63. The summed E-state index contributed by atoms with van der Waals surface area (Å²) in [4.78, 5) is 12.4. The molecule has 0 fully saturated rings. The number of amides is 1. The molecule has 0 spiro atoms. The number of carbonyl (C=O) groups excluding carboxylic acids is 1. The second kappa shape index (κ2) is 8.53. The van der Waals surface area contributed by atoms with Gasteiger partial charge in [-0.3, -0.25) is 4.79 Å². The van der Waals surface area contributed by atoms with Gasteiger partial charge in [0.15, 0.2) is 0 Å². The first-order valence-corrected chi connectivity index (χ1v) is 10.1. The van der Waals surface area contributed by atoms with Crippen LogP contribution in [-0.2, 0) is 14.8 Å². The average molecular weight is 397 g/mol. The highest BCUT2D eigenvalue weighted by Gasteiger charge is 2.20. The van der Waals surface area contributed by atoms with E-state index in [0.717, 1.165) is 11.8 Å². The van der Waals surface area contributed by atoms with Crippen LogP contribution in [-0.4, -0.2) is 27.7 Å². The van der Waals surface area contributed by atoms with Crippen LogP contribution in [0.4, 0.5) is 5.69 Å². The van der Waals surface area contributed by atoms with Gasteiger partial charge >= 0.3 is 0 Å². The zero-order valence-corrected chi connectivity index (χ0v) is 16.3. The molecule has 2 aromatic carbocycles. The Hall–Kier alpha value is -2.09. The van der Waals surface area contributed by atoms with Gasteiger partial charge in [0, 0.05) is 17.1 Å². The maximum Gasteiger partial charge on any atom is 0.226 e. The molecule has 26 heavy (non-hydrogen) atoms. The minimum absolute atomic E-state index is 0.0541. The van der Waals surface area contributed by atoms with Crippen LogP contribution in [0.1, 0.15) is 23.6 Å². The maximum atomic E-state index is 12.4. The number of halogens is 1. The smallest absolute Gasteiger partial charge is 0.226 e. The van der Waals surface area contributed by atoms with Gasteiger partial charge in [-0.2, -0.15) is 0 Å². The predicted octanol–water partition coefficient (Wildman–Crippen LogP) is 3.28. The number of benzene rings is 2. The summed E-state index contributed by atoms with van der Waals surface area (Å²) in [7, 11) is -1.95. The molecule has 0 saturated heterocycles. The molecular formula is C18H21ClN2O4S. The molecule has 8 heteroatoms. The van der Waals surface area contributed by atoms with Crippen molar-refractivity contribution in [3.63, 3.8) is 0 Å². The predicted molar refractivity (Wildman–Crippen MR) is 103 cm³/mol. The second-order valence-electron chi connectivity index (χ2n) is 5.93. The zero-order chi connectivity index (χ0) is 19.3. The summed E-state index contributed by atoms with van der Waals surface area (Å²) in [6.45, 7) is 1.83. The van der Waals surface area contributed by atoms with Crippen LogP contribution in [0.25, 0.3) is 0 Å². The Balaban J connectivity index is 2.18. The molecule has 0 bridgehead atoms. The van der Waals surface area contributed by atoms with E-state index in [1.807, 2.05) is 6.92 Å². The van der Waals surface area contributed by atoms with Crippen molar-refractivity contribution in [2.24, 2.45) is 0 Å². The van der Waals surface area contributed by atoms with Gasteiger partial charge in [0.25, 0.3) is 0 Å². The maximum absolute atomic E-state index is 12.4. The van der Waals surface area contributed by atoms with Crippen LogP contribution in [0, 0.1) is 6.92 Å². The molecule has 2 aromatic rings. The van der Waals surface area contributed by atoms with Crippen LogP contribution in [0.2, 0.25) is 5.02 Å². The first-order valence-electron chi connectivity index (χ1n) is 7.85. The zero-order valence-electron chi connectivity index (χ0n) is 14.7. The fraction of sp³-hybridized carbons (Fsp3) is 0.278. The molecule has 0 heterocycles. The van der Waals surface area contributed by atoms with Crippen molar-refractivity contribution in [2.75, 3.05) is 18.7 Å². The molecule has 2 rings (SSSR count). The number of anilines is 1. The monoisotopic (exact) mass is 396 g/mol. The van der Waals surface area contributed by atoms with Gasteiger partial charge in [-0.15, -0.1) is 0 Å². The SMILES string of the molecule is COc1ccc([C@@H](CC(=O)Nc2ccc(Cl)cc2C)NS(C)(=O)=O)cc1. The lowest BCUT2D eigenvalue weighted by molar-refractivity contribution is -0.116. The third kappa shape index (κ3) is 6.01. The van der Waals surface area contributed by atoms with Gasteiger partial charge in [-0.05, 0) is 48.4 Å². The van der Waals surface area contributed by atoms with E-state index in [-0.39, 0.29) is 12.3 Å². The highest BCUT2D eigenvalue weighted by atomic mass is 35.5. The lowest BCUT2D eigenvalue weighted by Gasteiger charge is -2.18. The summed E-state index contributed by atoms with van der Waals surface area (Å²) >= 11 is 5.92. The quantitative estimate of drug-likeness (QED) is 0.752. The van der Waals surface area contributed by atoms with Gasteiger partial charge in [-0.1, -0.05) is 23.7 Å². The van der Waals surface area contributed by atoms with E-state index in [1.54, 1.807) is 49.6 Å². The standard InChI is InChI=1S/C18H21ClN2O4S/c1-12-10-14(19)6-9-16(12)20-18(22)11-17(21-26(3,23)24)13-4-7-15(25-2)8-5-13/h4-10,17,21H,11H2,1-3H3,(H,20,22)/t17-/m1/s1. The summed E-state index contributed by atoms with van der Waals surface area (Å²) in [6, 6.07) is 11.3. The van der Waals surface area contributed by atoms with Gasteiger partial charge in [-0.25, -0.2) is 13.1 Å². The summed E-state index contributed by atoms with van der Waals surface area (Å²) in [5.41, 5.74) is 2.12. The van der Waals surface area contributed by atoms with Crippen molar-refractivity contribution in [1.82, 2.24) is 4.72 Å². The van der Waals surface area contributed by atoms with Gasteiger partial charge < -0.3 is 10.1 Å². The van der Waals surface area contributed by atoms with Crippen molar-refractivity contribution < 1.29 is 17.9 Å². The second-order valence-corrected chi connectivity index (χ2v) is 8.14. The number of aryl methyl sites for hydroxylation is 1. The summed E-state index contributed by atoms with van der Waals surface area (Å²) in [5.74, 6) is 0.334. The van der Waals surface area contributed by atoms with Crippen LogP contribution < -0.4 is 14.8 Å². The Morgan fingerprint density at radius 1 is 1.19 bits per heavy atom. The van der Waals surface area contributed by atoms with E-state index < -0.39 is 16.1 Å². The summed E-state index contributed by atoms with van der Waals surface area (Å²) in [6.07, 6.45) is 1.01. The molecule has 6 nitrogen and oxygen atoms in total. The van der Waals surface area contributed by atoms with Crippen LogP contribution in [0.5, 0.6) is 5.75 Å². The van der Waals surface area contributed by atoms with E-state index in [1.165, 1.54) is 0 Å². The number of nitrogens with one attached hydrogen (secondary N) is 2. The van der Waals surface area contributed by atoms with E-state index in [2.05, 4.69) is 10.0 Å². The van der Waals surface area contributed by atoms with Crippen molar-refractivity contribution >= 4 is 33.2 Å². The Bertz CT molecular complexity index is 883. The van der Waals surface area contributed by atoms with E-state index >= 15 is 0 Å². The first-order chi connectivity index (χ1) is 12.2. The fourth-order valence-electron chi connectivity index (χ4n) is 2.48. The van der Waals surface area contributed by atoms with Crippen molar-refractivity contribution in [3.05, 3.63) is 58.6 Å². The van der Waals surface area contributed by atoms with Crippen molar-refractivity contribution in [1.29, 1.82) is 0 Å². The average Bonchev–Trinajstić information content (AvgIpc) is 2.56. The van der Waals surface area contributed by atoms with Crippen LogP contribution in [0.3, 0.4) is 0 Å². The van der Waals surface area contributed by atoms with Crippen molar-refractivity contribution in [2.45, 2.75) is 19.4 Å². The Morgan fingerprint density at radius 3 is 2.38 bits per heavy atom. The molecular weight excluding hydrogens is 376 g/mol. The molecule has 0 radical (unpaired) electrons. The molecule has 1 atom stereocenters. The van der Waals surface area contributed by atoms with Gasteiger partial charge in [0.1, 0.15) is 5.75 Å². The number of methoxy groups -OCH3 is 1. The number of hydrogen-bond acceptors (Lipinski definition) is 4. The van der Waals surface area contributed by atoms with E-state index in [9.17, 15) is 13.2 Å². The lowest BCUT2D eigenvalue weighted by Crippen LogP contribution is -2.30. The number of carbonyl (C=O) groups is 1. The van der Waals surface area contributed by atoms with E-state index in [0.29, 0.717) is 22.0 Å². The van der Waals surface area contributed by atoms with Gasteiger partial charge in [0.05, 0.1) is 19.4 Å². The highest BCUT2D eigenvalue weighted by molar-refractivity contribution is 7.88. The molecule has 0 unspecified atom stereocenters. The molecule has 1 amide bonds. The Morgan fingerprint density at radius 2 is 1.85 bits per heavy atom. The molecule has 0 aliphatic rings. The van der Waals surface area contributed by atoms with Gasteiger partial charge in [0.2, 0.25) is 15.9 Å². The molecule has 0 aromatic heterocycles. The summed E-state index contributed by atoms with van der Waals surface area (Å²) in [5, 5.41) is 3.37. The molecule has 140 valence electrons. The molecule has 0 aliphatic heterocycles. The van der Waals surface area contributed by atoms with Crippen LogP contribution >= 0.6 is 11.6 Å². The first kappa shape index (κ1) is 20.2.